The van der Waals surface area contributed by atoms with Gasteiger partial charge in [0.05, 0.1) is 5.56 Å². The average molecular weight is 557 g/mol. The number of nitrogens with one attached hydrogen (secondary N) is 2. The molecule has 40 heavy (non-hydrogen) atoms. The lowest BCUT2D eigenvalue weighted by Gasteiger charge is -2.44. The van der Waals surface area contributed by atoms with Crippen molar-refractivity contribution in [2.75, 3.05) is 6.61 Å². The maximum absolute atomic E-state index is 13.1. The van der Waals surface area contributed by atoms with E-state index in [4.69, 9.17) is 23.7 Å². The molecule has 0 saturated carbocycles. The van der Waals surface area contributed by atoms with Gasteiger partial charge in [-0.1, -0.05) is 42.5 Å². The first-order valence-corrected chi connectivity index (χ1v) is 12.5. The van der Waals surface area contributed by atoms with Crippen LogP contribution in [-0.4, -0.2) is 67.0 Å². The number of carbonyl (C=O) groups excluding carboxylic acids is 5. The molecule has 0 bridgehead atoms. The van der Waals surface area contributed by atoms with Crippen molar-refractivity contribution in [1.29, 1.82) is 0 Å². The zero-order chi connectivity index (χ0) is 29.2. The van der Waals surface area contributed by atoms with E-state index in [1.54, 1.807) is 18.2 Å². The number of hydrogen-bond acceptors (Lipinski definition) is 10. The second-order valence-corrected chi connectivity index (χ2v) is 9.00. The van der Waals surface area contributed by atoms with Gasteiger partial charge >= 0.3 is 17.9 Å². The summed E-state index contributed by atoms with van der Waals surface area (Å²) >= 11 is 0. The molecule has 214 valence electrons. The Hall–Kier alpha value is -4.45. The largest absolute Gasteiger partial charge is 0.463 e. The molecule has 0 aromatic heterocycles. The highest BCUT2D eigenvalue weighted by Gasteiger charge is 2.52. The fourth-order valence-electron chi connectivity index (χ4n) is 4.15. The molecule has 5 atom stereocenters. The van der Waals surface area contributed by atoms with Gasteiger partial charge in [0.1, 0.15) is 24.5 Å². The Bertz CT molecular complexity index is 1220. The number of esters is 3. The van der Waals surface area contributed by atoms with Gasteiger partial charge in [0.2, 0.25) is 12.2 Å². The minimum Gasteiger partial charge on any atom is -0.463 e. The second-order valence-electron chi connectivity index (χ2n) is 9.00. The number of carbonyl (C=O) groups is 5. The lowest BCUT2D eigenvalue weighted by Crippen LogP contribution is -2.67. The molecule has 1 aliphatic heterocycles. The van der Waals surface area contributed by atoms with Gasteiger partial charge in [0, 0.05) is 34.2 Å². The predicted octanol–water partition coefficient (Wildman–Crippen LogP) is 1.65. The molecule has 0 unspecified atom stereocenters. The Balaban J connectivity index is 1.94. The van der Waals surface area contributed by atoms with Gasteiger partial charge in [-0.2, -0.15) is 0 Å². The summed E-state index contributed by atoms with van der Waals surface area (Å²) < 4.78 is 28.1. The fourth-order valence-corrected chi connectivity index (χ4v) is 4.15. The fraction of sp³-hybridized carbons (Fsp3) is 0.393. The smallest absolute Gasteiger partial charge is 0.303 e. The van der Waals surface area contributed by atoms with E-state index in [9.17, 15) is 24.0 Å². The summed E-state index contributed by atoms with van der Waals surface area (Å²) in [7, 11) is 0. The van der Waals surface area contributed by atoms with Crippen LogP contribution in [0.1, 0.15) is 43.6 Å². The van der Waals surface area contributed by atoms with Crippen LogP contribution in [0.15, 0.2) is 54.6 Å². The van der Waals surface area contributed by atoms with Crippen molar-refractivity contribution in [3.05, 3.63) is 65.7 Å². The molecule has 12 nitrogen and oxygen atoms in total. The summed E-state index contributed by atoms with van der Waals surface area (Å²) in [4.78, 5) is 60.7. The van der Waals surface area contributed by atoms with Crippen molar-refractivity contribution in [3.8, 4) is 5.75 Å². The molecule has 1 aliphatic rings. The number of benzene rings is 2. The van der Waals surface area contributed by atoms with E-state index in [0.717, 1.165) is 19.4 Å². The molecule has 2 amide bonds. The molecule has 2 aromatic rings. The van der Waals surface area contributed by atoms with E-state index >= 15 is 0 Å². The first kappa shape index (κ1) is 30.1. The van der Waals surface area contributed by atoms with E-state index in [1.165, 1.54) is 19.9 Å². The summed E-state index contributed by atoms with van der Waals surface area (Å²) in [6.45, 7) is 4.61. The maximum atomic E-state index is 13.1. The van der Waals surface area contributed by atoms with Crippen LogP contribution in [0.3, 0.4) is 0 Å². The Morgan fingerprint density at radius 1 is 0.800 bits per heavy atom. The first-order chi connectivity index (χ1) is 19.0. The van der Waals surface area contributed by atoms with Crippen molar-refractivity contribution in [3.63, 3.8) is 0 Å². The maximum Gasteiger partial charge on any atom is 0.303 e. The van der Waals surface area contributed by atoms with Gasteiger partial charge in [-0.15, -0.1) is 0 Å². The average Bonchev–Trinajstić information content (AvgIpc) is 2.89. The predicted molar refractivity (Wildman–Crippen MR) is 139 cm³/mol. The zero-order valence-electron chi connectivity index (χ0n) is 22.6. The highest BCUT2D eigenvalue weighted by molar-refractivity contribution is 5.96. The van der Waals surface area contributed by atoms with Crippen LogP contribution in [0.5, 0.6) is 5.75 Å². The van der Waals surface area contributed by atoms with Crippen molar-refractivity contribution >= 4 is 29.7 Å². The molecule has 1 heterocycles. The Kier molecular flexibility index (Phi) is 10.6. The molecule has 0 aliphatic carbocycles. The normalized spacial score (nSPS) is 21.9. The van der Waals surface area contributed by atoms with Crippen molar-refractivity contribution < 1.29 is 47.7 Å². The SMILES string of the molecule is CC(=O)N[C@H]1[C@H](Oc2ccccc2C(=O)NCc2ccccc2)O[C@H](COC(C)=O)[C@@H](OC(C)=O)[C@@H]1OC(C)=O. The monoisotopic (exact) mass is 556 g/mol. The quantitative estimate of drug-likeness (QED) is 0.326. The Morgan fingerprint density at radius 3 is 2.05 bits per heavy atom. The summed E-state index contributed by atoms with van der Waals surface area (Å²) in [5.41, 5.74) is 1.07. The third-order valence-electron chi connectivity index (χ3n) is 5.74. The molecule has 1 fully saturated rings. The van der Waals surface area contributed by atoms with E-state index in [2.05, 4.69) is 10.6 Å². The van der Waals surface area contributed by atoms with Gasteiger partial charge in [-0.05, 0) is 17.7 Å². The van der Waals surface area contributed by atoms with Gasteiger partial charge in [0.25, 0.3) is 5.91 Å². The van der Waals surface area contributed by atoms with Gasteiger partial charge in [-0.3, -0.25) is 24.0 Å². The highest BCUT2D eigenvalue weighted by atomic mass is 16.7. The Labute approximate surface area is 231 Å². The standard InChI is InChI=1S/C28H32N2O10/c1-16(31)30-24-26(38-19(4)34)25(37-18(3)33)23(15-36-17(2)32)40-28(24)39-22-13-9-8-12-21(22)27(35)29-14-20-10-6-5-7-11-20/h5-13,23-26,28H,14-15H2,1-4H3,(H,29,35)(H,30,31)/t23-,24-,25-,26-,28-/m1/s1. The first-order valence-electron chi connectivity index (χ1n) is 12.5. The van der Waals surface area contributed by atoms with Crippen LogP contribution in [0.4, 0.5) is 0 Å². The molecule has 3 rings (SSSR count). The van der Waals surface area contributed by atoms with Crippen molar-refractivity contribution in [2.45, 2.75) is 64.9 Å². The topological polar surface area (TPSA) is 156 Å². The molecular weight excluding hydrogens is 524 g/mol. The molecule has 0 spiro atoms. The van der Waals surface area contributed by atoms with Crippen molar-refractivity contribution in [1.82, 2.24) is 10.6 Å². The molecule has 12 heteroatoms. The van der Waals surface area contributed by atoms with Gasteiger partial charge < -0.3 is 34.3 Å². The van der Waals surface area contributed by atoms with Crippen LogP contribution in [0.25, 0.3) is 0 Å². The summed E-state index contributed by atoms with van der Waals surface area (Å²) in [5, 5.41) is 5.45. The third-order valence-corrected chi connectivity index (χ3v) is 5.74. The van der Waals surface area contributed by atoms with Crippen LogP contribution < -0.4 is 15.4 Å². The van der Waals surface area contributed by atoms with Crippen molar-refractivity contribution in [2.24, 2.45) is 0 Å². The molecule has 1 saturated heterocycles. The van der Waals surface area contributed by atoms with E-state index < -0.39 is 60.4 Å². The minimum atomic E-state index is -1.36. The second kappa shape index (κ2) is 14.1. The zero-order valence-corrected chi connectivity index (χ0v) is 22.6. The molecular formula is C28H32N2O10. The van der Waals surface area contributed by atoms with Gasteiger partial charge in [0.15, 0.2) is 12.2 Å². The number of amides is 2. The van der Waals surface area contributed by atoms with Crippen LogP contribution in [-0.2, 0) is 44.7 Å². The Morgan fingerprint density at radius 2 is 1.43 bits per heavy atom. The van der Waals surface area contributed by atoms with E-state index in [0.29, 0.717) is 0 Å². The number of para-hydroxylation sites is 1. The van der Waals surface area contributed by atoms with E-state index in [1.807, 2.05) is 30.3 Å². The van der Waals surface area contributed by atoms with Crippen LogP contribution in [0.2, 0.25) is 0 Å². The molecule has 2 aromatic carbocycles. The highest BCUT2D eigenvalue weighted by Crippen LogP contribution is 2.30. The molecule has 0 radical (unpaired) electrons. The summed E-state index contributed by atoms with van der Waals surface area (Å²) in [6.07, 6.45) is -5.06. The number of hydrogen-bond donors (Lipinski definition) is 2. The lowest BCUT2D eigenvalue weighted by molar-refractivity contribution is -0.257. The minimum absolute atomic E-state index is 0.104. The van der Waals surface area contributed by atoms with Gasteiger partial charge in [-0.25, -0.2) is 0 Å². The lowest BCUT2D eigenvalue weighted by atomic mass is 9.96. The number of rotatable bonds is 10. The van der Waals surface area contributed by atoms with Crippen LogP contribution >= 0.6 is 0 Å². The summed E-state index contributed by atoms with van der Waals surface area (Å²) in [5.74, 6) is -2.93. The molecule has 2 N–H and O–H groups in total. The third kappa shape index (κ3) is 8.53. The summed E-state index contributed by atoms with van der Waals surface area (Å²) in [6, 6.07) is 14.5. The van der Waals surface area contributed by atoms with Crippen LogP contribution in [0, 0.1) is 0 Å². The van der Waals surface area contributed by atoms with E-state index in [-0.39, 0.29) is 24.5 Å². The number of ether oxygens (including phenoxy) is 5.